The van der Waals surface area contributed by atoms with Crippen molar-refractivity contribution in [1.82, 2.24) is 5.32 Å². The van der Waals surface area contributed by atoms with Gasteiger partial charge in [-0.3, -0.25) is 0 Å². The Labute approximate surface area is 136 Å². The minimum absolute atomic E-state index is 0.689. The molecule has 0 unspecified atom stereocenters. The zero-order valence-corrected chi connectivity index (χ0v) is 13.4. The Morgan fingerprint density at radius 2 is 1.90 bits per heavy atom. The summed E-state index contributed by atoms with van der Waals surface area (Å²) >= 11 is 12.1. The number of rotatable bonds is 6. The summed E-state index contributed by atoms with van der Waals surface area (Å²) in [5, 5.41) is 4.93. The van der Waals surface area contributed by atoms with E-state index in [-0.39, 0.29) is 0 Å². The fourth-order valence-corrected chi connectivity index (χ4v) is 3.06. The third-order valence-corrected chi connectivity index (χ3v) is 4.50. The van der Waals surface area contributed by atoms with Crippen LogP contribution in [0.25, 0.3) is 0 Å². The van der Waals surface area contributed by atoms with Crippen molar-refractivity contribution >= 4 is 23.2 Å². The van der Waals surface area contributed by atoms with Gasteiger partial charge in [-0.15, -0.1) is 0 Å². The molecule has 110 valence electrons. The van der Waals surface area contributed by atoms with Crippen LogP contribution >= 0.6 is 23.2 Å². The summed E-state index contributed by atoms with van der Waals surface area (Å²) in [6.07, 6.45) is 3.62. The quantitative estimate of drug-likeness (QED) is 0.721. The molecule has 0 radical (unpaired) electrons. The molecule has 1 fully saturated rings. The molecule has 1 N–H and O–H groups in total. The lowest BCUT2D eigenvalue weighted by molar-refractivity contribution is 0.686. The van der Waals surface area contributed by atoms with Crippen molar-refractivity contribution in [1.29, 1.82) is 0 Å². The third-order valence-electron chi connectivity index (χ3n) is 3.92. The van der Waals surface area contributed by atoms with Gasteiger partial charge in [-0.1, -0.05) is 53.5 Å². The van der Waals surface area contributed by atoms with E-state index in [1.807, 2.05) is 12.1 Å². The van der Waals surface area contributed by atoms with Crippen LogP contribution in [0.4, 0.5) is 0 Å². The third kappa shape index (κ3) is 4.23. The van der Waals surface area contributed by atoms with Crippen molar-refractivity contribution in [2.24, 2.45) is 0 Å². The number of benzene rings is 2. The monoisotopic (exact) mass is 319 g/mol. The van der Waals surface area contributed by atoms with Gasteiger partial charge in [0.25, 0.3) is 0 Å². The molecule has 0 atom stereocenters. The van der Waals surface area contributed by atoms with Gasteiger partial charge in [-0.05, 0) is 60.5 Å². The van der Waals surface area contributed by atoms with Crippen LogP contribution in [0.5, 0.6) is 0 Å². The lowest BCUT2D eigenvalue weighted by Crippen LogP contribution is -2.16. The highest BCUT2D eigenvalue weighted by atomic mass is 35.5. The molecule has 21 heavy (non-hydrogen) atoms. The number of halogens is 2. The van der Waals surface area contributed by atoms with Crippen molar-refractivity contribution in [2.75, 3.05) is 6.54 Å². The van der Waals surface area contributed by atoms with E-state index >= 15 is 0 Å². The fraction of sp³-hybridized carbons (Fsp3) is 0.333. The molecule has 3 heteroatoms. The predicted molar refractivity (Wildman–Crippen MR) is 90.3 cm³/mol. The van der Waals surface area contributed by atoms with Gasteiger partial charge in [-0.2, -0.15) is 0 Å². The van der Waals surface area contributed by atoms with E-state index in [9.17, 15) is 0 Å². The average Bonchev–Trinajstić information content (AvgIpc) is 3.30. The molecule has 0 aliphatic heterocycles. The topological polar surface area (TPSA) is 12.0 Å². The molecule has 0 bridgehead atoms. The summed E-state index contributed by atoms with van der Waals surface area (Å²) in [7, 11) is 0. The molecule has 0 aromatic heterocycles. The molecule has 2 aromatic carbocycles. The normalized spacial score (nSPS) is 14.4. The van der Waals surface area contributed by atoms with Gasteiger partial charge >= 0.3 is 0 Å². The summed E-state index contributed by atoms with van der Waals surface area (Å²) in [5.74, 6) is 0.817. The molecule has 0 heterocycles. The molecule has 1 aliphatic rings. The maximum Gasteiger partial charge on any atom is 0.0453 e. The SMILES string of the molecule is Clc1ccc(CCNCc2cccc(C3CC3)c2)c(Cl)c1. The second-order valence-electron chi connectivity index (χ2n) is 5.68. The minimum Gasteiger partial charge on any atom is -0.312 e. The van der Waals surface area contributed by atoms with E-state index in [1.165, 1.54) is 24.0 Å². The Hall–Kier alpha value is -1.02. The molecule has 1 nitrogen and oxygen atoms in total. The summed E-state index contributed by atoms with van der Waals surface area (Å²) in [5.41, 5.74) is 4.00. The standard InChI is InChI=1S/C18H19Cl2N/c19-17-7-6-15(18(20)11-17)8-9-21-12-13-2-1-3-16(10-13)14-4-5-14/h1-3,6-7,10-11,14,21H,4-5,8-9,12H2. The van der Waals surface area contributed by atoms with E-state index in [2.05, 4.69) is 29.6 Å². The molecule has 1 saturated carbocycles. The van der Waals surface area contributed by atoms with E-state index in [0.29, 0.717) is 5.02 Å². The molecule has 3 rings (SSSR count). The summed E-state index contributed by atoms with van der Waals surface area (Å²) < 4.78 is 0. The van der Waals surface area contributed by atoms with Crippen molar-refractivity contribution in [2.45, 2.75) is 31.7 Å². The zero-order chi connectivity index (χ0) is 14.7. The lowest BCUT2D eigenvalue weighted by atomic mass is 10.1. The van der Waals surface area contributed by atoms with Crippen molar-refractivity contribution in [3.63, 3.8) is 0 Å². The number of hydrogen-bond acceptors (Lipinski definition) is 1. The first-order chi connectivity index (χ1) is 10.2. The Balaban J connectivity index is 1.48. The van der Waals surface area contributed by atoms with E-state index in [0.717, 1.165) is 36.0 Å². The van der Waals surface area contributed by atoms with E-state index in [4.69, 9.17) is 23.2 Å². The summed E-state index contributed by atoms with van der Waals surface area (Å²) in [6, 6.07) is 14.6. The van der Waals surface area contributed by atoms with Crippen LogP contribution < -0.4 is 5.32 Å². The first-order valence-electron chi connectivity index (χ1n) is 7.46. The Morgan fingerprint density at radius 3 is 2.67 bits per heavy atom. The maximum absolute atomic E-state index is 6.18. The maximum atomic E-state index is 6.18. The zero-order valence-electron chi connectivity index (χ0n) is 11.9. The van der Waals surface area contributed by atoms with Gasteiger partial charge in [0.15, 0.2) is 0 Å². The second kappa shape index (κ2) is 6.83. The first kappa shape index (κ1) is 14.9. The Kier molecular flexibility index (Phi) is 4.84. The lowest BCUT2D eigenvalue weighted by Gasteiger charge is -2.08. The Morgan fingerprint density at radius 1 is 1.05 bits per heavy atom. The summed E-state index contributed by atoms with van der Waals surface area (Å²) in [6.45, 7) is 1.82. The second-order valence-corrected chi connectivity index (χ2v) is 6.53. The van der Waals surface area contributed by atoms with Crippen LogP contribution in [-0.2, 0) is 13.0 Å². The number of hydrogen-bond donors (Lipinski definition) is 1. The van der Waals surface area contributed by atoms with Gasteiger partial charge in [-0.25, -0.2) is 0 Å². The van der Waals surface area contributed by atoms with Crippen molar-refractivity contribution in [3.05, 3.63) is 69.2 Å². The highest BCUT2D eigenvalue weighted by Gasteiger charge is 2.23. The fourth-order valence-electron chi connectivity index (χ4n) is 2.55. The van der Waals surface area contributed by atoms with Crippen LogP contribution in [0.3, 0.4) is 0 Å². The molecule has 2 aromatic rings. The highest BCUT2D eigenvalue weighted by molar-refractivity contribution is 6.35. The largest absolute Gasteiger partial charge is 0.312 e. The molecule has 0 spiro atoms. The van der Waals surface area contributed by atoms with Gasteiger partial charge < -0.3 is 5.32 Å². The highest BCUT2D eigenvalue weighted by Crippen LogP contribution is 2.40. The van der Waals surface area contributed by atoms with Gasteiger partial charge in [0.1, 0.15) is 0 Å². The van der Waals surface area contributed by atoms with Crippen molar-refractivity contribution in [3.8, 4) is 0 Å². The molecule has 0 saturated heterocycles. The predicted octanol–water partition coefficient (Wildman–Crippen LogP) is 5.20. The smallest absolute Gasteiger partial charge is 0.0453 e. The number of nitrogens with one attached hydrogen (secondary N) is 1. The summed E-state index contributed by atoms with van der Waals surface area (Å²) in [4.78, 5) is 0. The molecule has 1 aliphatic carbocycles. The van der Waals surface area contributed by atoms with Gasteiger partial charge in [0.2, 0.25) is 0 Å². The van der Waals surface area contributed by atoms with Crippen LogP contribution in [0.15, 0.2) is 42.5 Å². The van der Waals surface area contributed by atoms with Crippen LogP contribution in [-0.4, -0.2) is 6.54 Å². The Bertz CT molecular complexity index is 620. The first-order valence-corrected chi connectivity index (χ1v) is 8.21. The van der Waals surface area contributed by atoms with Crippen LogP contribution in [0.1, 0.15) is 35.4 Å². The van der Waals surface area contributed by atoms with Crippen molar-refractivity contribution < 1.29 is 0 Å². The van der Waals surface area contributed by atoms with Gasteiger partial charge in [0, 0.05) is 16.6 Å². The minimum atomic E-state index is 0.689. The van der Waals surface area contributed by atoms with Crippen LogP contribution in [0, 0.1) is 0 Å². The van der Waals surface area contributed by atoms with Gasteiger partial charge in [0.05, 0.1) is 0 Å². The van der Waals surface area contributed by atoms with E-state index in [1.54, 1.807) is 6.07 Å². The van der Waals surface area contributed by atoms with Crippen LogP contribution in [0.2, 0.25) is 10.0 Å². The average molecular weight is 320 g/mol. The molecular formula is C18H19Cl2N. The molecular weight excluding hydrogens is 301 g/mol. The molecule has 0 amide bonds. The van der Waals surface area contributed by atoms with E-state index < -0.39 is 0 Å².